The summed E-state index contributed by atoms with van der Waals surface area (Å²) in [6.07, 6.45) is 1.81. The maximum atomic E-state index is 14.2. The summed E-state index contributed by atoms with van der Waals surface area (Å²) in [4.78, 5) is 1.75. The van der Waals surface area contributed by atoms with E-state index < -0.39 is 11.6 Å². The van der Waals surface area contributed by atoms with Gasteiger partial charge >= 0.3 is 0 Å². The van der Waals surface area contributed by atoms with Gasteiger partial charge in [-0.1, -0.05) is 12.1 Å². The van der Waals surface area contributed by atoms with Crippen molar-refractivity contribution in [3.05, 3.63) is 29.3 Å². The van der Waals surface area contributed by atoms with Gasteiger partial charge in [0, 0.05) is 18.2 Å². The number of hydrogen-bond donors (Lipinski definition) is 2. The van der Waals surface area contributed by atoms with E-state index in [9.17, 15) is 8.78 Å². The Kier molecular flexibility index (Phi) is 4.11. The minimum absolute atomic E-state index is 0.0288. The van der Waals surface area contributed by atoms with Crippen LogP contribution in [0.2, 0.25) is 0 Å². The van der Waals surface area contributed by atoms with Crippen LogP contribution in [0.1, 0.15) is 32.3 Å². The van der Waals surface area contributed by atoms with Crippen LogP contribution in [-0.2, 0) is 0 Å². The Morgan fingerprint density at radius 1 is 1.35 bits per heavy atom. The standard InChI is InChI=1S/C14H19F2N3O/c1-8-3-4-19(9(2)5-8)13-11(15)6-10(7-12(13)16)14(17)18-20/h6-9,20H,3-5H2,1-2H3,(H2,17,18). The zero-order valence-electron chi connectivity index (χ0n) is 11.6. The molecule has 20 heavy (non-hydrogen) atoms. The van der Waals surface area contributed by atoms with Crippen LogP contribution in [0.5, 0.6) is 0 Å². The molecule has 1 aromatic carbocycles. The Hall–Kier alpha value is -1.85. The molecule has 1 aromatic rings. The van der Waals surface area contributed by atoms with Crippen molar-refractivity contribution in [3.63, 3.8) is 0 Å². The molecule has 0 saturated carbocycles. The van der Waals surface area contributed by atoms with E-state index in [1.165, 1.54) is 0 Å². The molecule has 110 valence electrons. The minimum Gasteiger partial charge on any atom is -0.409 e. The van der Waals surface area contributed by atoms with Crippen LogP contribution in [0.3, 0.4) is 0 Å². The molecule has 0 aromatic heterocycles. The van der Waals surface area contributed by atoms with Crippen LogP contribution < -0.4 is 10.6 Å². The van der Waals surface area contributed by atoms with Gasteiger partial charge in [0.1, 0.15) is 17.3 Å². The Balaban J connectivity index is 2.38. The second-order valence-electron chi connectivity index (χ2n) is 5.45. The van der Waals surface area contributed by atoms with Crippen molar-refractivity contribution in [2.45, 2.75) is 32.7 Å². The molecule has 1 heterocycles. The van der Waals surface area contributed by atoms with Gasteiger partial charge in [-0.25, -0.2) is 8.78 Å². The van der Waals surface area contributed by atoms with Gasteiger partial charge in [0.2, 0.25) is 0 Å². The summed E-state index contributed by atoms with van der Waals surface area (Å²) >= 11 is 0. The third kappa shape index (κ3) is 2.69. The van der Waals surface area contributed by atoms with Gasteiger partial charge in [-0.2, -0.15) is 0 Å². The van der Waals surface area contributed by atoms with Crippen molar-refractivity contribution in [1.82, 2.24) is 0 Å². The average molecular weight is 283 g/mol. The van der Waals surface area contributed by atoms with Gasteiger partial charge in [0.05, 0.1) is 0 Å². The smallest absolute Gasteiger partial charge is 0.170 e. The average Bonchev–Trinajstić information content (AvgIpc) is 2.39. The Morgan fingerprint density at radius 2 is 1.95 bits per heavy atom. The van der Waals surface area contributed by atoms with Crippen LogP contribution in [0, 0.1) is 17.6 Å². The molecule has 0 bridgehead atoms. The first kappa shape index (κ1) is 14.6. The summed E-state index contributed by atoms with van der Waals surface area (Å²) < 4.78 is 28.4. The van der Waals surface area contributed by atoms with E-state index >= 15 is 0 Å². The molecule has 0 radical (unpaired) electrons. The fourth-order valence-electron chi connectivity index (χ4n) is 2.78. The molecule has 6 heteroatoms. The molecular weight excluding hydrogens is 264 g/mol. The van der Waals surface area contributed by atoms with Crippen molar-refractivity contribution < 1.29 is 14.0 Å². The van der Waals surface area contributed by atoms with Gasteiger partial charge in [-0.05, 0) is 37.8 Å². The monoisotopic (exact) mass is 283 g/mol. The molecule has 1 aliphatic heterocycles. The number of piperidine rings is 1. The molecule has 0 spiro atoms. The molecule has 4 nitrogen and oxygen atoms in total. The van der Waals surface area contributed by atoms with E-state index in [1.807, 2.05) is 6.92 Å². The third-order valence-electron chi connectivity index (χ3n) is 3.85. The quantitative estimate of drug-likeness (QED) is 0.380. The number of benzene rings is 1. The Morgan fingerprint density at radius 3 is 2.45 bits per heavy atom. The topological polar surface area (TPSA) is 61.8 Å². The van der Waals surface area contributed by atoms with Gasteiger partial charge in [0.25, 0.3) is 0 Å². The van der Waals surface area contributed by atoms with Crippen molar-refractivity contribution in [2.75, 3.05) is 11.4 Å². The van der Waals surface area contributed by atoms with E-state index in [0.29, 0.717) is 12.5 Å². The van der Waals surface area contributed by atoms with Crippen molar-refractivity contribution >= 4 is 11.5 Å². The van der Waals surface area contributed by atoms with Crippen LogP contribution in [0.15, 0.2) is 17.3 Å². The van der Waals surface area contributed by atoms with E-state index in [0.717, 1.165) is 25.0 Å². The lowest BCUT2D eigenvalue weighted by Crippen LogP contribution is -2.41. The number of oxime groups is 1. The highest BCUT2D eigenvalue weighted by atomic mass is 19.1. The number of rotatable bonds is 2. The molecule has 0 aliphatic carbocycles. The second-order valence-corrected chi connectivity index (χ2v) is 5.45. The normalized spacial score (nSPS) is 24.0. The van der Waals surface area contributed by atoms with Crippen molar-refractivity contribution in [1.29, 1.82) is 0 Å². The molecule has 0 amide bonds. The van der Waals surface area contributed by atoms with Crippen LogP contribution in [-0.4, -0.2) is 23.6 Å². The largest absolute Gasteiger partial charge is 0.409 e. The van der Waals surface area contributed by atoms with Gasteiger partial charge in [0.15, 0.2) is 5.84 Å². The zero-order chi connectivity index (χ0) is 14.9. The molecule has 2 atom stereocenters. The molecular formula is C14H19F2N3O. The van der Waals surface area contributed by atoms with Crippen LogP contribution in [0.25, 0.3) is 0 Å². The lowest BCUT2D eigenvalue weighted by Gasteiger charge is -2.38. The summed E-state index contributed by atoms with van der Waals surface area (Å²) in [6.45, 7) is 4.73. The van der Waals surface area contributed by atoms with Crippen molar-refractivity contribution in [2.24, 2.45) is 16.8 Å². The van der Waals surface area contributed by atoms with E-state index in [1.54, 1.807) is 4.90 Å². The van der Waals surface area contributed by atoms with E-state index in [2.05, 4.69) is 12.1 Å². The predicted octanol–water partition coefficient (Wildman–Crippen LogP) is 2.68. The highest BCUT2D eigenvalue weighted by Gasteiger charge is 2.27. The number of anilines is 1. The van der Waals surface area contributed by atoms with E-state index in [4.69, 9.17) is 10.9 Å². The highest BCUT2D eigenvalue weighted by Crippen LogP contribution is 2.32. The first-order valence-corrected chi connectivity index (χ1v) is 6.67. The Bertz CT molecular complexity index is 510. The predicted molar refractivity (Wildman–Crippen MR) is 74.1 cm³/mol. The van der Waals surface area contributed by atoms with Crippen LogP contribution >= 0.6 is 0 Å². The molecule has 3 N–H and O–H groups in total. The third-order valence-corrected chi connectivity index (χ3v) is 3.85. The molecule has 1 fully saturated rings. The number of halogens is 2. The van der Waals surface area contributed by atoms with E-state index in [-0.39, 0.29) is 23.1 Å². The lowest BCUT2D eigenvalue weighted by molar-refractivity contribution is 0.318. The SMILES string of the molecule is CC1CCN(c2c(F)cc(C(N)=NO)cc2F)C(C)C1. The summed E-state index contributed by atoms with van der Waals surface area (Å²) in [5.41, 5.74) is 5.36. The van der Waals surface area contributed by atoms with Gasteiger partial charge in [-0.3, -0.25) is 0 Å². The summed E-state index contributed by atoms with van der Waals surface area (Å²) in [5.74, 6) is -1.13. The Labute approximate surface area is 116 Å². The summed E-state index contributed by atoms with van der Waals surface area (Å²) in [5, 5.41) is 11.3. The summed E-state index contributed by atoms with van der Waals surface area (Å²) in [7, 11) is 0. The molecule has 2 unspecified atom stereocenters. The number of amidine groups is 1. The van der Waals surface area contributed by atoms with Gasteiger partial charge < -0.3 is 15.8 Å². The fourth-order valence-corrected chi connectivity index (χ4v) is 2.78. The first-order chi connectivity index (χ1) is 9.43. The maximum Gasteiger partial charge on any atom is 0.170 e. The molecule has 2 rings (SSSR count). The molecule has 1 aliphatic rings. The lowest BCUT2D eigenvalue weighted by atomic mass is 9.92. The maximum absolute atomic E-state index is 14.2. The van der Waals surface area contributed by atoms with Crippen molar-refractivity contribution in [3.8, 4) is 0 Å². The summed E-state index contributed by atoms with van der Waals surface area (Å²) in [6, 6.07) is 2.27. The van der Waals surface area contributed by atoms with Gasteiger partial charge in [-0.15, -0.1) is 0 Å². The van der Waals surface area contributed by atoms with Crippen LogP contribution in [0.4, 0.5) is 14.5 Å². The second kappa shape index (κ2) is 5.64. The number of nitrogens with zero attached hydrogens (tertiary/aromatic N) is 2. The fraction of sp³-hybridized carbons (Fsp3) is 0.500. The zero-order valence-corrected chi connectivity index (χ0v) is 11.6. The number of nitrogens with two attached hydrogens (primary N) is 1. The highest BCUT2D eigenvalue weighted by molar-refractivity contribution is 5.97. The molecule has 1 saturated heterocycles. The number of hydrogen-bond acceptors (Lipinski definition) is 3. The first-order valence-electron chi connectivity index (χ1n) is 6.67. The minimum atomic E-state index is -0.687.